The molecule has 0 atom stereocenters. The monoisotopic (exact) mass is 254 g/mol. The molecule has 0 aromatic carbocycles. The van der Waals surface area contributed by atoms with Gasteiger partial charge in [-0.05, 0) is 13.8 Å². The van der Waals surface area contributed by atoms with Crippen LogP contribution in [0.25, 0.3) is 0 Å². The summed E-state index contributed by atoms with van der Waals surface area (Å²) < 4.78 is 4.71. The van der Waals surface area contributed by atoms with E-state index in [0.717, 1.165) is 0 Å². The maximum atomic E-state index is 11.7. The van der Waals surface area contributed by atoms with Crippen LogP contribution in [-0.2, 0) is 19.1 Å². The Labute approximate surface area is 106 Å². The van der Waals surface area contributed by atoms with E-state index in [0.29, 0.717) is 26.2 Å². The highest BCUT2D eigenvalue weighted by Crippen LogP contribution is 2.04. The molecule has 0 aromatic heterocycles. The number of hydrogen-bond acceptors (Lipinski definition) is 4. The van der Waals surface area contributed by atoms with Gasteiger partial charge in [-0.2, -0.15) is 0 Å². The van der Waals surface area contributed by atoms with E-state index in [2.05, 4.69) is 0 Å². The molecule has 1 heterocycles. The molecule has 1 saturated heterocycles. The van der Waals surface area contributed by atoms with Gasteiger partial charge in [0.05, 0.1) is 6.61 Å². The van der Waals surface area contributed by atoms with Crippen molar-refractivity contribution in [3.63, 3.8) is 0 Å². The molecule has 0 N–H and O–H groups in total. The molecule has 0 saturated carbocycles. The summed E-state index contributed by atoms with van der Waals surface area (Å²) in [6.07, 6.45) is 2.80. The van der Waals surface area contributed by atoms with Crippen molar-refractivity contribution in [3.05, 3.63) is 12.2 Å². The molecule has 6 nitrogen and oxygen atoms in total. The van der Waals surface area contributed by atoms with Gasteiger partial charge in [0.1, 0.15) is 0 Å². The second-order valence-corrected chi connectivity index (χ2v) is 3.79. The average Bonchev–Trinajstić information content (AvgIpc) is 2.35. The van der Waals surface area contributed by atoms with Gasteiger partial charge in [0.25, 0.3) is 0 Å². The Morgan fingerprint density at radius 2 is 1.83 bits per heavy atom. The van der Waals surface area contributed by atoms with Crippen LogP contribution in [0.4, 0.5) is 0 Å². The van der Waals surface area contributed by atoms with Crippen molar-refractivity contribution in [2.24, 2.45) is 0 Å². The van der Waals surface area contributed by atoms with E-state index in [4.69, 9.17) is 4.74 Å². The fourth-order valence-corrected chi connectivity index (χ4v) is 1.66. The molecule has 18 heavy (non-hydrogen) atoms. The lowest BCUT2D eigenvalue weighted by atomic mass is 10.3. The Kier molecular flexibility index (Phi) is 5.35. The number of carbonyl (C=O) groups excluding carboxylic acids is 3. The summed E-state index contributed by atoms with van der Waals surface area (Å²) in [6, 6.07) is 0. The highest BCUT2D eigenvalue weighted by atomic mass is 16.5. The first-order valence-electron chi connectivity index (χ1n) is 6.01. The molecule has 0 aliphatic carbocycles. The van der Waals surface area contributed by atoms with Crippen LogP contribution >= 0.6 is 0 Å². The first-order chi connectivity index (χ1) is 8.60. The minimum atomic E-state index is -0.517. The molecule has 0 radical (unpaired) electrons. The van der Waals surface area contributed by atoms with E-state index in [1.54, 1.807) is 6.92 Å². The summed E-state index contributed by atoms with van der Waals surface area (Å²) in [4.78, 5) is 37.2. The van der Waals surface area contributed by atoms with E-state index < -0.39 is 17.8 Å². The summed E-state index contributed by atoms with van der Waals surface area (Å²) >= 11 is 0. The predicted octanol–water partition coefficient (Wildman–Crippen LogP) is -0.204. The molecular weight excluding hydrogens is 236 g/mol. The average molecular weight is 254 g/mol. The summed E-state index contributed by atoms with van der Waals surface area (Å²) in [5.74, 6) is -1.44. The largest absolute Gasteiger partial charge is 0.463 e. The quantitative estimate of drug-likeness (QED) is 0.387. The Hall–Kier alpha value is -1.85. The molecule has 1 aliphatic heterocycles. The summed E-state index contributed by atoms with van der Waals surface area (Å²) in [5, 5.41) is 0. The Morgan fingerprint density at radius 3 is 2.44 bits per heavy atom. The van der Waals surface area contributed by atoms with Crippen molar-refractivity contribution in [1.82, 2.24) is 9.80 Å². The summed E-state index contributed by atoms with van der Waals surface area (Å²) in [5.41, 5.74) is 0. The lowest BCUT2D eigenvalue weighted by molar-refractivity contribution is -0.155. The number of amides is 2. The molecule has 1 fully saturated rings. The van der Waals surface area contributed by atoms with Gasteiger partial charge in [0.2, 0.25) is 0 Å². The van der Waals surface area contributed by atoms with Gasteiger partial charge < -0.3 is 14.5 Å². The predicted molar refractivity (Wildman–Crippen MR) is 64.6 cm³/mol. The van der Waals surface area contributed by atoms with Crippen LogP contribution in [0.1, 0.15) is 13.8 Å². The summed E-state index contributed by atoms with van der Waals surface area (Å²) in [7, 11) is 0. The highest BCUT2D eigenvalue weighted by Gasteiger charge is 2.30. The molecule has 2 amide bonds. The third-order valence-corrected chi connectivity index (χ3v) is 2.65. The van der Waals surface area contributed by atoms with Crippen molar-refractivity contribution in [2.75, 3.05) is 32.8 Å². The van der Waals surface area contributed by atoms with Crippen molar-refractivity contribution < 1.29 is 19.1 Å². The topological polar surface area (TPSA) is 66.9 Å². The minimum Gasteiger partial charge on any atom is -0.463 e. The Balaban J connectivity index is 2.47. The molecule has 100 valence electrons. The molecule has 1 rings (SSSR count). The molecule has 0 bridgehead atoms. The molecule has 1 aliphatic rings. The van der Waals surface area contributed by atoms with Crippen LogP contribution in [0.3, 0.4) is 0 Å². The maximum absolute atomic E-state index is 11.7. The van der Waals surface area contributed by atoms with Crippen molar-refractivity contribution in [2.45, 2.75) is 13.8 Å². The van der Waals surface area contributed by atoms with Crippen molar-refractivity contribution in [3.8, 4) is 0 Å². The van der Waals surface area contributed by atoms with Gasteiger partial charge in [0, 0.05) is 32.3 Å². The number of nitrogens with zero attached hydrogens (tertiary/aromatic N) is 2. The van der Waals surface area contributed by atoms with E-state index >= 15 is 0 Å². The van der Waals surface area contributed by atoms with Crippen molar-refractivity contribution >= 4 is 17.8 Å². The second-order valence-electron chi connectivity index (χ2n) is 3.79. The number of rotatable bonds is 5. The summed E-state index contributed by atoms with van der Waals surface area (Å²) in [6.45, 7) is 5.69. The van der Waals surface area contributed by atoms with Crippen LogP contribution < -0.4 is 0 Å². The van der Waals surface area contributed by atoms with Gasteiger partial charge in [-0.25, -0.2) is 4.79 Å². The van der Waals surface area contributed by atoms with Gasteiger partial charge in [-0.15, -0.1) is 0 Å². The van der Waals surface area contributed by atoms with E-state index in [-0.39, 0.29) is 6.54 Å². The van der Waals surface area contributed by atoms with Crippen molar-refractivity contribution in [1.29, 1.82) is 0 Å². The zero-order valence-corrected chi connectivity index (χ0v) is 10.7. The third kappa shape index (κ3) is 3.58. The Morgan fingerprint density at radius 1 is 1.22 bits per heavy atom. The first kappa shape index (κ1) is 14.2. The number of carbonyl (C=O) groups is 3. The minimum absolute atomic E-state index is 0.251. The molecule has 6 heteroatoms. The smallest absolute Gasteiger partial charge is 0.330 e. The Bertz CT molecular complexity index is 365. The second kappa shape index (κ2) is 6.78. The number of piperazine rings is 1. The number of likely N-dealkylation sites (N-methyl/N-ethyl adjacent to an activating group) is 1. The van der Waals surface area contributed by atoms with Gasteiger partial charge in [-0.3, -0.25) is 9.59 Å². The lowest BCUT2D eigenvalue weighted by Crippen LogP contribution is -2.54. The van der Waals surface area contributed by atoms with Gasteiger partial charge in [-0.1, -0.05) is 6.08 Å². The van der Waals surface area contributed by atoms with Crippen LogP contribution in [-0.4, -0.2) is 60.4 Å². The standard InChI is InChI=1S/C12H18N2O4/c1-3-13-8-9-14(12(17)11(13)16)7-5-6-10(15)18-4-2/h5-6H,3-4,7-9H2,1-2H3/b6-5+. The fraction of sp³-hybridized carbons (Fsp3) is 0.583. The molecule has 0 spiro atoms. The third-order valence-electron chi connectivity index (χ3n) is 2.65. The van der Waals surface area contributed by atoms with E-state index in [1.807, 2.05) is 6.92 Å². The molecule has 0 aromatic rings. The fourth-order valence-electron chi connectivity index (χ4n) is 1.66. The van der Waals surface area contributed by atoms with Crippen LogP contribution in [0, 0.1) is 0 Å². The van der Waals surface area contributed by atoms with Crippen LogP contribution in [0.5, 0.6) is 0 Å². The van der Waals surface area contributed by atoms with Gasteiger partial charge >= 0.3 is 17.8 Å². The van der Waals surface area contributed by atoms with E-state index in [9.17, 15) is 14.4 Å². The zero-order chi connectivity index (χ0) is 13.5. The highest BCUT2D eigenvalue weighted by molar-refractivity contribution is 6.35. The number of ether oxygens (including phenoxy) is 1. The lowest BCUT2D eigenvalue weighted by Gasteiger charge is -2.32. The normalized spacial score (nSPS) is 16.6. The molecule has 0 unspecified atom stereocenters. The SMILES string of the molecule is CCOC(=O)/C=C/CN1CCN(CC)C(=O)C1=O. The van der Waals surface area contributed by atoms with E-state index in [1.165, 1.54) is 22.0 Å². The number of esters is 1. The van der Waals surface area contributed by atoms with Crippen LogP contribution in [0.15, 0.2) is 12.2 Å². The van der Waals surface area contributed by atoms with Gasteiger partial charge in [0.15, 0.2) is 0 Å². The first-order valence-corrected chi connectivity index (χ1v) is 6.01. The molecular formula is C12H18N2O4. The van der Waals surface area contributed by atoms with Crippen LogP contribution in [0.2, 0.25) is 0 Å². The maximum Gasteiger partial charge on any atom is 0.330 e. The number of hydrogen-bond donors (Lipinski definition) is 0. The zero-order valence-electron chi connectivity index (χ0n) is 10.7.